The summed E-state index contributed by atoms with van der Waals surface area (Å²) in [6, 6.07) is 5.21. The van der Waals surface area contributed by atoms with E-state index in [-0.39, 0.29) is 9.68 Å². The van der Waals surface area contributed by atoms with Crippen molar-refractivity contribution in [2.45, 2.75) is 88.4 Å². The molecule has 17 heavy (non-hydrogen) atoms. The molecule has 0 aromatic rings. The zero-order valence-electron chi connectivity index (χ0n) is 11.8. The Labute approximate surface area is 113 Å². The topological polar surface area (TPSA) is 3.24 Å². The number of hydrogen-bond acceptors (Lipinski definition) is 1. The van der Waals surface area contributed by atoms with Gasteiger partial charge in [0, 0.05) is 22.3 Å². The van der Waals surface area contributed by atoms with Gasteiger partial charge in [0.2, 0.25) is 0 Å². The quantitative estimate of drug-likeness (QED) is 0.692. The van der Waals surface area contributed by atoms with Gasteiger partial charge < -0.3 is 4.57 Å². The molecule has 2 aliphatic rings. The Kier molecular flexibility index (Phi) is 6.30. The Morgan fingerprint density at radius 1 is 0.824 bits per heavy atom. The summed E-state index contributed by atoms with van der Waals surface area (Å²) in [5.41, 5.74) is 0. The first-order valence-corrected chi connectivity index (χ1v) is 11.2. The van der Waals surface area contributed by atoms with Crippen LogP contribution in [0.2, 0.25) is 12.1 Å². The molecule has 0 saturated heterocycles. The van der Waals surface area contributed by atoms with Crippen LogP contribution in [-0.4, -0.2) is 36.6 Å². The van der Waals surface area contributed by atoms with Gasteiger partial charge >= 0.3 is 0 Å². The standard InChI is InChI=1S/C14H31NSi2/c16-11-12-17-15(13-7-3-1-4-8-13)14-9-5-2-6-10-14/h13-14H,1-12,17H2,16H3. The highest BCUT2D eigenvalue weighted by Gasteiger charge is 2.27. The Morgan fingerprint density at radius 3 is 1.71 bits per heavy atom. The molecule has 0 atom stereocenters. The highest BCUT2D eigenvalue weighted by Crippen LogP contribution is 2.29. The van der Waals surface area contributed by atoms with Gasteiger partial charge in [-0.2, -0.15) is 0 Å². The first kappa shape index (κ1) is 13.8. The lowest BCUT2D eigenvalue weighted by atomic mass is 9.91. The minimum absolute atomic E-state index is 0.104. The zero-order valence-corrected chi connectivity index (χ0v) is 15.2. The van der Waals surface area contributed by atoms with Crippen molar-refractivity contribution in [3.05, 3.63) is 0 Å². The van der Waals surface area contributed by atoms with Crippen LogP contribution in [-0.2, 0) is 0 Å². The zero-order chi connectivity index (χ0) is 11.9. The lowest BCUT2D eigenvalue weighted by Gasteiger charge is -2.42. The molecule has 2 fully saturated rings. The van der Waals surface area contributed by atoms with E-state index < -0.39 is 0 Å². The molecule has 3 heteroatoms. The summed E-state index contributed by atoms with van der Waals surface area (Å²) < 4.78 is 3.09. The van der Waals surface area contributed by atoms with Crippen molar-refractivity contribution in [3.8, 4) is 0 Å². The summed E-state index contributed by atoms with van der Waals surface area (Å²) in [6.07, 6.45) is 15.2. The second-order valence-electron chi connectivity index (χ2n) is 6.18. The molecule has 0 amide bonds. The first-order valence-electron chi connectivity index (χ1n) is 8.17. The summed E-state index contributed by atoms with van der Waals surface area (Å²) in [6.45, 7) is 0. The Morgan fingerprint density at radius 2 is 1.29 bits per heavy atom. The van der Waals surface area contributed by atoms with Crippen molar-refractivity contribution < 1.29 is 0 Å². The highest BCUT2D eigenvalue weighted by atomic mass is 28.2. The van der Waals surface area contributed by atoms with Gasteiger partial charge in [0.05, 0.1) is 9.68 Å². The molecule has 2 aliphatic carbocycles. The maximum absolute atomic E-state index is 3.09. The molecular weight excluding hydrogens is 238 g/mol. The predicted octanol–water partition coefficient (Wildman–Crippen LogP) is 2.24. The van der Waals surface area contributed by atoms with E-state index in [1.165, 1.54) is 74.5 Å². The number of hydrogen-bond donors (Lipinski definition) is 0. The van der Waals surface area contributed by atoms with Crippen LogP contribution in [0.25, 0.3) is 0 Å². The van der Waals surface area contributed by atoms with Crippen LogP contribution in [0.3, 0.4) is 0 Å². The van der Waals surface area contributed by atoms with Crippen molar-refractivity contribution >= 4 is 19.9 Å². The third-order valence-electron chi connectivity index (χ3n) is 4.86. The van der Waals surface area contributed by atoms with Gasteiger partial charge in [0.1, 0.15) is 0 Å². The Balaban J connectivity index is 1.90. The van der Waals surface area contributed by atoms with E-state index in [2.05, 4.69) is 4.57 Å². The van der Waals surface area contributed by atoms with Gasteiger partial charge in [-0.1, -0.05) is 50.6 Å². The van der Waals surface area contributed by atoms with Crippen molar-refractivity contribution in [1.29, 1.82) is 0 Å². The summed E-state index contributed by atoms with van der Waals surface area (Å²) in [7, 11) is 1.53. The fraction of sp³-hybridized carbons (Fsp3) is 1.00. The van der Waals surface area contributed by atoms with Crippen LogP contribution in [0.1, 0.15) is 64.2 Å². The van der Waals surface area contributed by atoms with Gasteiger partial charge in [-0.25, -0.2) is 0 Å². The molecule has 0 aliphatic heterocycles. The lowest BCUT2D eigenvalue weighted by molar-refractivity contribution is 0.170. The van der Waals surface area contributed by atoms with E-state index in [1.807, 2.05) is 0 Å². The average molecular weight is 270 g/mol. The molecule has 0 N–H and O–H groups in total. The van der Waals surface area contributed by atoms with E-state index in [0.29, 0.717) is 0 Å². The largest absolute Gasteiger partial charge is 0.324 e. The van der Waals surface area contributed by atoms with Crippen molar-refractivity contribution in [1.82, 2.24) is 4.57 Å². The molecule has 0 radical (unpaired) electrons. The summed E-state index contributed by atoms with van der Waals surface area (Å²) in [4.78, 5) is 0. The first-order chi connectivity index (χ1) is 8.42. The van der Waals surface area contributed by atoms with Gasteiger partial charge in [-0.05, 0) is 25.7 Å². The van der Waals surface area contributed by atoms with Crippen molar-refractivity contribution in [2.75, 3.05) is 0 Å². The van der Waals surface area contributed by atoms with Crippen LogP contribution in [0.15, 0.2) is 0 Å². The fourth-order valence-electron chi connectivity index (χ4n) is 3.83. The molecule has 0 aromatic heterocycles. The maximum Gasteiger partial charge on any atom is 0.0954 e. The summed E-state index contributed by atoms with van der Waals surface area (Å²) in [5, 5.41) is 0. The molecule has 0 aromatic carbocycles. The molecule has 2 saturated carbocycles. The third-order valence-corrected chi connectivity index (χ3v) is 9.55. The lowest BCUT2D eigenvalue weighted by Crippen LogP contribution is -2.47. The average Bonchev–Trinajstić information content (AvgIpc) is 2.42. The molecule has 2 rings (SSSR count). The van der Waals surface area contributed by atoms with Crippen LogP contribution in [0, 0.1) is 0 Å². The van der Waals surface area contributed by atoms with Gasteiger partial charge in [-0.15, -0.1) is 0 Å². The Bertz CT molecular complexity index is 180. The SMILES string of the molecule is [SiH3]CC[SiH2]N(C1CCCCC1)C1CCCCC1. The van der Waals surface area contributed by atoms with E-state index in [0.717, 1.165) is 12.1 Å². The molecule has 0 unspecified atom stereocenters. The van der Waals surface area contributed by atoms with Crippen molar-refractivity contribution in [2.24, 2.45) is 0 Å². The fourth-order valence-corrected chi connectivity index (χ4v) is 6.92. The molecule has 0 bridgehead atoms. The van der Waals surface area contributed by atoms with E-state index >= 15 is 0 Å². The van der Waals surface area contributed by atoms with E-state index in [1.54, 1.807) is 12.1 Å². The summed E-state index contributed by atoms with van der Waals surface area (Å²) >= 11 is 0. The molecule has 0 heterocycles. The van der Waals surface area contributed by atoms with Gasteiger partial charge in [0.15, 0.2) is 0 Å². The van der Waals surface area contributed by atoms with Crippen LogP contribution in [0.5, 0.6) is 0 Å². The van der Waals surface area contributed by atoms with Crippen LogP contribution in [0.4, 0.5) is 0 Å². The highest BCUT2D eigenvalue weighted by molar-refractivity contribution is 6.34. The van der Waals surface area contributed by atoms with Crippen LogP contribution < -0.4 is 0 Å². The summed E-state index contributed by atoms with van der Waals surface area (Å²) in [5.74, 6) is 0. The minimum atomic E-state index is 0.104. The predicted molar refractivity (Wildman–Crippen MR) is 83.7 cm³/mol. The number of rotatable bonds is 5. The van der Waals surface area contributed by atoms with Crippen molar-refractivity contribution in [3.63, 3.8) is 0 Å². The monoisotopic (exact) mass is 269 g/mol. The smallest absolute Gasteiger partial charge is 0.0954 e. The normalized spacial score (nSPS) is 25.2. The van der Waals surface area contributed by atoms with E-state index in [9.17, 15) is 0 Å². The van der Waals surface area contributed by atoms with Gasteiger partial charge in [0.25, 0.3) is 0 Å². The number of nitrogens with zero attached hydrogens (tertiary/aromatic N) is 1. The van der Waals surface area contributed by atoms with Gasteiger partial charge in [-0.3, -0.25) is 0 Å². The Hall–Kier alpha value is 0.394. The van der Waals surface area contributed by atoms with Crippen LogP contribution >= 0.6 is 0 Å². The molecule has 0 spiro atoms. The molecule has 100 valence electrons. The second kappa shape index (κ2) is 7.75. The molecule has 1 nitrogen and oxygen atoms in total. The maximum atomic E-state index is 3.09. The van der Waals surface area contributed by atoms with E-state index in [4.69, 9.17) is 0 Å². The minimum Gasteiger partial charge on any atom is -0.324 e. The second-order valence-corrected chi connectivity index (χ2v) is 9.06. The third kappa shape index (κ3) is 4.21. The molecular formula is C14H31NSi2.